The molecule has 2 heterocycles. The smallest absolute Gasteiger partial charge is 0.213 e. The summed E-state index contributed by atoms with van der Waals surface area (Å²) in [5.41, 5.74) is 3.97. The average molecular weight is 404 g/mol. The molecule has 1 N–H and O–H groups in total. The summed E-state index contributed by atoms with van der Waals surface area (Å²) in [4.78, 5) is 6.85. The number of phenols is 1. The number of para-hydroxylation sites is 1. The van der Waals surface area contributed by atoms with Crippen molar-refractivity contribution in [2.75, 3.05) is 19.7 Å². The zero-order valence-electron chi connectivity index (χ0n) is 17.8. The highest BCUT2D eigenvalue weighted by molar-refractivity contribution is 5.84. The number of aromatic hydroxyl groups is 1. The van der Waals surface area contributed by atoms with Gasteiger partial charge in [0.2, 0.25) is 5.88 Å². The van der Waals surface area contributed by atoms with Crippen molar-refractivity contribution in [3.63, 3.8) is 0 Å². The third kappa shape index (κ3) is 5.28. The van der Waals surface area contributed by atoms with Crippen LogP contribution in [0.25, 0.3) is 10.9 Å². The highest BCUT2D eigenvalue weighted by atomic mass is 16.5. The summed E-state index contributed by atoms with van der Waals surface area (Å²) in [6, 6.07) is 17.4. The Labute approximate surface area is 178 Å². The van der Waals surface area contributed by atoms with Crippen molar-refractivity contribution in [2.45, 2.75) is 39.7 Å². The number of ether oxygens (including phenoxy) is 1. The molecule has 5 nitrogen and oxygen atoms in total. The molecule has 5 heteroatoms. The van der Waals surface area contributed by atoms with E-state index >= 15 is 0 Å². The molecule has 0 saturated carbocycles. The number of fused-ring (bicyclic) bond motifs is 2. The number of nitriles is 1. The van der Waals surface area contributed by atoms with E-state index in [9.17, 15) is 5.11 Å². The first-order valence-electron chi connectivity index (χ1n) is 10.7. The Morgan fingerprint density at radius 1 is 1.10 bits per heavy atom. The van der Waals surface area contributed by atoms with Crippen LogP contribution in [-0.2, 0) is 13.0 Å². The number of phenolic OH excluding ortho intramolecular Hbond substituents is 1. The van der Waals surface area contributed by atoms with Crippen LogP contribution in [0.1, 0.15) is 43.4 Å². The van der Waals surface area contributed by atoms with Gasteiger partial charge in [0, 0.05) is 24.5 Å². The van der Waals surface area contributed by atoms with E-state index in [1.54, 1.807) is 12.1 Å². The maximum Gasteiger partial charge on any atom is 0.213 e. The first kappa shape index (κ1) is 21.6. The molecule has 3 aromatic rings. The second-order valence-electron chi connectivity index (χ2n) is 7.18. The summed E-state index contributed by atoms with van der Waals surface area (Å²) in [6.07, 6.45) is 3.02. The van der Waals surface area contributed by atoms with E-state index in [0.717, 1.165) is 49.8 Å². The molecule has 0 bridgehead atoms. The second-order valence-corrected chi connectivity index (χ2v) is 7.18. The number of nitrogens with zero attached hydrogens (tertiary/aromatic N) is 3. The summed E-state index contributed by atoms with van der Waals surface area (Å²) >= 11 is 0. The number of rotatable bonds is 6. The zero-order chi connectivity index (χ0) is 21.3. The van der Waals surface area contributed by atoms with Gasteiger partial charge >= 0.3 is 0 Å². The fourth-order valence-corrected chi connectivity index (χ4v) is 3.68. The van der Waals surface area contributed by atoms with Gasteiger partial charge in [-0.1, -0.05) is 32.0 Å². The van der Waals surface area contributed by atoms with Gasteiger partial charge in [-0.15, -0.1) is 0 Å². The van der Waals surface area contributed by atoms with E-state index in [1.807, 2.05) is 44.2 Å². The molecule has 1 aliphatic rings. The van der Waals surface area contributed by atoms with Crippen LogP contribution in [-0.4, -0.2) is 34.7 Å². The summed E-state index contributed by atoms with van der Waals surface area (Å²) in [7, 11) is 0. The molecule has 0 radical (unpaired) electrons. The van der Waals surface area contributed by atoms with E-state index < -0.39 is 0 Å². The summed E-state index contributed by atoms with van der Waals surface area (Å²) in [5, 5.41) is 19.8. The Morgan fingerprint density at radius 3 is 2.80 bits per heavy atom. The second kappa shape index (κ2) is 10.6. The summed E-state index contributed by atoms with van der Waals surface area (Å²) in [5.74, 6) is 0.726. The van der Waals surface area contributed by atoms with Crippen LogP contribution in [0.2, 0.25) is 0 Å². The normalized spacial score (nSPS) is 13.1. The van der Waals surface area contributed by atoms with E-state index in [4.69, 9.17) is 10.00 Å². The lowest BCUT2D eigenvalue weighted by Crippen LogP contribution is -2.31. The number of unbranched alkanes of at least 4 members (excludes halogenated alkanes) is 1. The molecule has 30 heavy (non-hydrogen) atoms. The molecule has 0 spiro atoms. The summed E-state index contributed by atoms with van der Waals surface area (Å²) < 4.78 is 5.77. The molecular formula is C25H29N3O2. The van der Waals surface area contributed by atoms with Crippen molar-refractivity contribution in [1.29, 1.82) is 5.26 Å². The predicted molar refractivity (Wildman–Crippen MR) is 120 cm³/mol. The molecule has 156 valence electrons. The van der Waals surface area contributed by atoms with Gasteiger partial charge in [-0.25, -0.2) is 4.98 Å². The number of hydrogen-bond donors (Lipinski definition) is 1. The number of benzene rings is 2. The fraction of sp³-hybridized carbons (Fsp3) is 0.360. The Kier molecular flexibility index (Phi) is 7.64. The van der Waals surface area contributed by atoms with Crippen molar-refractivity contribution in [3.05, 3.63) is 65.2 Å². The van der Waals surface area contributed by atoms with Gasteiger partial charge < -0.3 is 9.84 Å². The van der Waals surface area contributed by atoms with E-state index in [2.05, 4.69) is 22.0 Å². The minimum absolute atomic E-state index is 0.176. The lowest BCUT2D eigenvalue weighted by Gasteiger charge is -2.28. The molecular weight excluding hydrogens is 374 g/mol. The molecule has 1 aliphatic heterocycles. The number of hydrogen-bond acceptors (Lipinski definition) is 5. The maximum atomic E-state index is 9.91. The maximum absolute atomic E-state index is 9.91. The molecule has 0 amide bonds. The van der Waals surface area contributed by atoms with Crippen molar-refractivity contribution in [3.8, 4) is 17.7 Å². The highest BCUT2D eigenvalue weighted by Crippen LogP contribution is 2.25. The molecule has 0 saturated heterocycles. The summed E-state index contributed by atoms with van der Waals surface area (Å²) in [6.45, 7) is 7.64. The van der Waals surface area contributed by atoms with Gasteiger partial charge in [-0.2, -0.15) is 5.26 Å². The third-order valence-electron chi connectivity index (χ3n) is 5.22. The van der Waals surface area contributed by atoms with Gasteiger partial charge in [-0.3, -0.25) is 4.90 Å². The van der Waals surface area contributed by atoms with Gasteiger partial charge in [0.15, 0.2) is 0 Å². The van der Waals surface area contributed by atoms with Crippen LogP contribution in [0.4, 0.5) is 0 Å². The Bertz CT molecular complexity index is 1030. The molecule has 0 unspecified atom stereocenters. The first-order chi connectivity index (χ1) is 14.7. The van der Waals surface area contributed by atoms with Gasteiger partial charge in [0.1, 0.15) is 11.3 Å². The lowest BCUT2D eigenvalue weighted by atomic mass is 9.97. The van der Waals surface area contributed by atoms with Gasteiger partial charge in [0.25, 0.3) is 0 Å². The largest absolute Gasteiger partial charge is 0.506 e. The highest BCUT2D eigenvalue weighted by Gasteiger charge is 2.16. The SMILES string of the molecule is CC.N#Cc1ccc2c(c1)CCN(CCCCOc1ccc3cccc(O)c3n1)C2. The van der Waals surface area contributed by atoms with Crippen LogP contribution >= 0.6 is 0 Å². The quantitative estimate of drug-likeness (QED) is 0.583. The molecule has 4 rings (SSSR count). The number of aromatic nitrogens is 1. The Morgan fingerprint density at radius 2 is 1.97 bits per heavy atom. The molecule has 1 aromatic heterocycles. The van der Waals surface area contributed by atoms with Gasteiger partial charge in [-0.05, 0) is 61.2 Å². The Hall–Kier alpha value is -3.10. The van der Waals surface area contributed by atoms with Crippen molar-refractivity contribution in [2.24, 2.45) is 0 Å². The minimum Gasteiger partial charge on any atom is -0.506 e. The molecule has 0 aliphatic carbocycles. The van der Waals surface area contributed by atoms with Crippen LogP contribution in [0.5, 0.6) is 11.6 Å². The van der Waals surface area contributed by atoms with E-state index in [1.165, 1.54) is 11.1 Å². The average Bonchev–Trinajstić information content (AvgIpc) is 2.80. The zero-order valence-corrected chi connectivity index (χ0v) is 17.8. The van der Waals surface area contributed by atoms with Crippen LogP contribution in [0.15, 0.2) is 48.5 Å². The predicted octanol–water partition coefficient (Wildman–Crippen LogP) is 5.06. The van der Waals surface area contributed by atoms with Crippen molar-refractivity contribution < 1.29 is 9.84 Å². The van der Waals surface area contributed by atoms with E-state index in [0.29, 0.717) is 18.0 Å². The van der Waals surface area contributed by atoms with Crippen LogP contribution in [0.3, 0.4) is 0 Å². The molecule has 0 fully saturated rings. The lowest BCUT2D eigenvalue weighted by molar-refractivity contribution is 0.233. The Balaban J connectivity index is 0.00000124. The topological polar surface area (TPSA) is 69.4 Å². The first-order valence-corrected chi connectivity index (χ1v) is 10.7. The van der Waals surface area contributed by atoms with Crippen molar-refractivity contribution >= 4 is 10.9 Å². The number of pyridine rings is 1. The van der Waals surface area contributed by atoms with Gasteiger partial charge in [0.05, 0.1) is 18.2 Å². The fourth-order valence-electron chi connectivity index (χ4n) is 3.68. The third-order valence-corrected chi connectivity index (χ3v) is 5.22. The monoisotopic (exact) mass is 403 g/mol. The molecule has 0 atom stereocenters. The molecule has 2 aromatic carbocycles. The van der Waals surface area contributed by atoms with Crippen LogP contribution < -0.4 is 4.74 Å². The van der Waals surface area contributed by atoms with Crippen molar-refractivity contribution in [1.82, 2.24) is 9.88 Å². The van der Waals surface area contributed by atoms with E-state index in [-0.39, 0.29) is 5.75 Å². The standard InChI is InChI=1S/C23H23N3O2.C2H6/c24-15-17-6-7-20-16-26(12-10-19(20)14-17)11-1-2-13-28-22-9-8-18-4-3-5-21(27)23(18)25-22;1-2/h3-9,14,27H,1-2,10-13,16H2;1-2H3. The minimum atomic E-state index is 0.176. The van der Waals surface area contributed by atoms with Crippen LogP contribution in [0, 0.1) is 11.3 Å².